The van der Waals surface area contributed by atoms with E-state index in [1.165, 1.54) is 6.08 Å². The van der Waals surface area contributed by atoms with E-state index in [2.05, 4.69) is 10.3 Å². The molecule has 0 saturated heterocycles. The van der Waals surface area contributed by atoms with E-state index in [1.807, 2.05) is 36.6 Å². The summed E-state index contributed by atoms with van der Waals surface area (Å²) in [5, 5.41) is 14.6. The van der Waals surface area contributed by atoms with Gasteiger partial charge in [-0.05, 0) is 32.9 Å². The molecule has 1 heterocycles. The van der Waals surface area contributed by atoms with Gasteiger partial charge in [0, 0.05) is 23.6 Å². The van der Waals surface area contributed by atoms with E-state index in [9.17, 15) is 9.59 Å². The lowest BCUT2D eigenvalue weighted by Crippen LogP contribution is -2.38. The zero-order chi connectivity index (χ0) is 19.2. The Hall–Kier alpha value is -2.67. The topological polar surface area (TPSA) is 88.5 Å². The Kier molecular flexibility index (Phi) is 6.52. The zero-order valence-corrected chi connectivity index (χ0v) is 15.8. The average Bonchev–Trinajstić information content (AvgIpc) is 3.02. The van der Waals surface area contributed by atoms with Crippen molar-refractivity contribution in [3.8, 4) is 5.75 Å². The molecule has 2 rings (SSSR count). The van der Waals surface area contributed by atoms with Crippen molar-refractivity contribution < 1.29 is 19.4 Å². The molecule has 0 saturated carbocycles. The molecule has 6 nitrogen and oxygen atoms in total. The van der Waals surface area contributed by atoms with Gasteiger partial charge in [-0.3, -0.25) is 9.59 Å². The van der Waals surface area contributed by atoms with E-state index in [0.717, 1.165) is 16.3 Å². The van der Waals surface area contributed by atoms with Gasteiger partial charge in [0.05, 0.1) is 16.1 Å². The number of aryl methyl sites for hydroxylation is 1. The lowest BCUT2D eigenvalue weighted by Gasteiger charge is -2.18. The summed E-state index contributed by atoms with van der Waals surface area (Å²) < 4.78 is 5.80. The molecule has 0 atom stereocenters. The molecule has 26 heavy (non-hydrogen) atoms. The molecule has 0 fully saturated rings. The fourth-order valence-electron chi connectivity index (χ4n) is 1.98. The molecule has 7 heteroatoms. The van der Waals surface area contributed by atoms with E-state index in [0.29, 0.717) is 12.4 Å². The van der Waals surface area contributed by atoms with E-state index >= 15 is 0 Å². The number of aliphatic carboxylic acids is 1. The fraction of sp³-hybridized carbons (Fsp3) is 0.316. The standard InChI is InChI=1S/C19H22N2O4S/c1-13-21-15(11-26-13)10-25-16-7-5-4-6-14(16)8-9-17(22)20-12-19(2,3)18(23)24/h4-9,11H,10,12H2,1-3H3,(H,20,22)(H,23,24)/b9-8+. The number of ether oxygens (including phenoxy) is 1. The molecule has 0 aliphatic heterocycles. The van der Waals surface area contributed by atoms with Crippen molar-refractivity contribution in [1.29, 1.82) is 0 Å². The first kappa shape index (κ1) is 19.7. The maximum Gasteiger partial charge on any atom is 0.310 e. The first-order valence-corrected chi connectivity index (χ1v) is 8.98. The summed E-state index contributed by atoms with van der Waals surface area (Å²) in [6, 6.07) is 7.37. The molecule has 0 radical (unpaired) electrons. The van der Waals surface area contributed by atoms with Crippen molar-refractivity contribution in [2.24, 2.45) is 5.41 Å². The predicted octanol–water partition coefficient (Wildman–Crippen LogP) is 3.27. The number of aromatic nitrogens is 1. The van der Waals surface area contributed by atoms with Gasteiger partial charge in [0.1, 0.15) is 12.4 Å². The Balaban J connectivity index is 1.97. The molecular formula is C19H22N2O4S. The van der Waals surface area contributed by atoms with Crippen LogP contribution in [0.4, 0.5) is 0 Å². The third-order valence-electron chi connectivity index (χ3n) is 3.66. The Morgan fingerprint density at radius 3 is 2.73 bits per heavy atom. The molecule has 0 spiro atoms. The second-order valence-corrected chi connectivity index (χ2v) is 7.49. The summed E-state index contributed by atoms with van der Waals surface area (Å²) in [7, 11) is 0. The highest BCUT2D eigenvalue weighted by molar-refractivity contribution is 7.09. The highest BCUT2D eigenvalue weighted by Gasteiger charge is 2.27. The number of carboxylic acids is 1. The first-order chi connectivity index (χ1) is 12.3. The maximum atomic E-state index is 11.9. The van der Waals surface area contributed by atoms with Crippen molar-refractivity contribution in [3.05, 3.63) is 52.0 Å². The number of amides is 1. The molecule has 0 aliphatic carbocycles. The third-order valence-corrected chi connectivity index (χ3v) is 4.48. The molecule has 1 aromatic carbocycles. The highest BCUT2D eigenvalue weighted by Crippen LogP contribution is 2.21. The Bertz CT molecular complexity index is 811. The van der Waals surface area contributed by atoms with Gasteiger partial charge in [0.15, 0.2) is 0 Å². The van der Waals surface area contributed by atoms with E-state index in [1.54, 1.807) is 31.3 Å². The lowest BCUT2D eigenvalue weighted by molar-refractivity contribution is -0.146. The number of nitrogens with one attached hydrogen (secondary N) is 1. The van der Waals surface area contributed by atoms with Crippen LogP contribution in [0.3, 0.4) is 0 Å². The second kappa shape index (κ2) is 8.62. The van der Waals surface area contributed by atoms with Gasteiger partial charge in [0.2, 0.25) is 5.91 Å². The van der Waals surface area contributed by atoms with Gasteiger partial charge in [-0.15, -0.1) is 11.3 Å². The molecule has 138 valence electrons. The van der Waals surface area contributed by atoms with Gasteiger partial charge < -0.3 is 15.2 Å². The molecule has 0 aliphatic rings. The number of hydrogen-bond acceptors (Lipinski definition) is 5. The fourth-order valence-corrected chi connectivity index (χ4v) is 2.58. The quantitative estimate of drug-likeness (QED) is 0.692. The first-order valence-electron chi connectivity index (χ1n) is 8.10. The Labute approximate surface area is 156 Å². The summed E-state index contributed by atoms with van der Waals surface area (Å²) in [5.41, 5.74) is 0.600. The maximum absolute atomic E-state index is 11.9. The van der Waals surface area contributed by atoms with Crippen LogP contribution in [-0.2, 0) is 16.2 Å². The van der Waals surface area contributed by atoms with Gasteiger partial charge >= 0.3 is 5.97 Å². The molecule has 2 N–H and O–H groups in total. The second-order valence-electron chi connectivity index (χ2n) is 6.42. The number of carbonyl (C=O) groups is 2. The van der Waals surface area contributed by atoms with Gasteiger partial charge in [-0.1, -0.05) is 18.2 Å². The minimum Gasteiger partial charge on any atom is -0.487 e. The van der Waals surface area contributed by atoms with Crippen LogP contribution >= 0.6 is 11.3 Å². The van der Waals surface area contributed by atoms with E-state index in [4.69, 9.17) is 9.84 Å². The molecule has 2 aromatic rings. The summed E-state index contributed by atoms with van der Waals surface area (Å²) >= 11 is 1.57. The van der Waals surface area contributed by atoms with Gasteiger partial charge in [0.25, 0.3) is 0 Å². The van der Waals surface area contributed by atoms with Crippen molar-refractivity contribution in [2.45, 2.75) is 27.4 Å². The number of carbonyl (C=O) groups excluding carboxylic acids is 1. The minimum absolute atomic E-state index is 0.0484. The van der Waals surface area contributed by atoms with Crippen LogP contribution in [0.15, 0.2) is 35.7 Å². The summed E-state index contributed by atoms with van der Waals surface area (Å²) in [6.07, 6.45) is 3.01. The third kappa shape index (κ3) is 5.70. The predicted molar refractivity (Wildman–Crippen MR) is 101 cm³/mol. The number of nitrogens with zero attached hydrogens (tertiary/aromatic N) is 1. The number of hydrogen-bond donors (Lipinski definition) is 2. The molecular weight excluding hydrogens is 352 g/mol. The van der Waals surface area contributed by atoms with Crippen LogP contribution in [0.5, 0.6) is 5.75 Å². The van der Waals surface area contributed by atoms with Crippen LogP contribution in [0, 0.1) is 12.3 Å². The zero-order valence-electron chi connectivity index (χ0n) is 15.0. The minimum atomic E-state index is -1.02. The highest BCUT2D eigenvalue weighted by atomic mass is 32.1. The normalized spacial score (nSPS) is 11.5. The average molecular weight is 374 g/mol. The van der Waals surface area contributed by atoms with Crippen molar-refractivity contribution in [3.63, 3.8) is 0 Å². The lowest BCUT2D eigenvalue weighted by atomic mass is 9.94. The van der Waals surface area contributed by atoms with Crippen molar-refractivity contribution >= 4 is 29.3 Å². The molecule has 1 amide bonds. The summed E-state index contributed by atoms with van der Waals surface area (Å²) in [4.78, 5) is 27.4. The van der Waals surface area contributed by atoms with Crippen LogP contribution in [0.2, 0.25) is 0 Å². The van der Waals surface area contributed by atoms with Crippen molar-refractivity contribution in [2.75, 3.05) is 6.54 Å². The number of thiazole rings is 1. The number of para-hydroxylation sites is 1. The van der Waals surface area contributed by atoms with Crippen LogP contribution < -0.4 is 10.1 Å². The van der Waals surface area contributed by atoms with E-state index in [-0.39, 0.29) is 12.5 Å². The van der Waals surface area contributed by atoms with E-state index < -0.39 is 11.4 Å². The largest absolute Gasteiger partial charge is 0.487 e. The van der Waals surface area contributed by atoms with Crippen LogP contribution in [0.25, 0.3) is 6.08 Å². The SMILES string of the molecule is Cc1nc(COc2ccccc2/C=C/C(=O)NCC(C)(C)C(=O)O)cs1. The smallest absolute Gasteiger partial charge is 0.310 e. The number of benzene rings is 1. The van der Waals surface area contributed by atoms with Crippen LogP contribution in [0.1, 0.15) is 30.1 Å². The van der Waals surface area contributed by atoms with Gasteiger partial charge in [-0.2, -0.15) is 0 Å². The number of rotatable bonds is 8. The summed E-state index contributed by atoms with van der Waals surface area (Å²) in [6.45, 7) is 5.46. The Morgan fingerprint density at radius 2 is 2.08 bits per heavy atom. The molecule has 0 bridgehead atoms. The monoisotopic (exact) mass is 374 g/mol. The molecule has 0 unspecified atom stereocenters. The van der Waals surface area contributed by atoms with Gasteiger partial charge in [-0.25, -0.2) is 4.98 Å². The Morgan fingerprint density at radius 1 is 1.35 bits per heavy atom. The number of carboxylic acid groups (broad SMARTS) is 1. The van der Waals surface area contributed by atoms with Crippen LogP contribution in [-0.4, -0.2) is 28.5 Å². The molecule has 1 aromatic heterocycles. The summed E-state index contributed by atoms with van der Waals surface area (Å²) in [5.74, 6) is -0.671. The van der Waals surface area contributed by atoms with Crippen molar-refractivity contribution in [1.82, 2.24) is 10.3 Å².